The molecule has 5 rings (SSSR count). The number of nitrogens with two attached hydrogens (primary N) is 1. The number of likely N-dealkylation sites (N-methyl/N-ethyl adjacent to an activating group) is 1. The zero-order valence-electron chi connectivity index (χ0n) is 25.3. The number of non-ortho nitro benzene ring substituents is 1. The van der Waals surface area contributed by atoms with Gasteiger partial charge in [-0.2, -0.15) is 0 Å². The summed E-state index contributed by atoms with van der Waals surface area (Å²) in [6.07, 6.45) is -0.0582. The first kappa shape index (κ1) is 32.2. The predicted molar refractivity (Wildman–Crippen MR) is 161 cm³/mol. The first-order valence-electron chi connectivity index (χ1n) is 14.2. The van der Waals surface area contributed by atoms with Crippen molar-refractivity contribution in [2.45, 2.75) is 24.5 Å². The normalized spacial score (nSPS) is 27.0. The van der Waals surface area contributed by atoms with E-state index in [9.17, 15) is 49.1 Å². The fraction of sp³-hybridized carbons (Fsp3) is 0.400. The molecule has 0 heterocycles. The molecule has 6 unspecified atom stereocenters. The molecule has 242 valence electrons. The van der Waals surface area contributed by atoms with Crippen molar-refractivity contribution in [1.82, 2.24) is 4.90 Å². The third-order valence-electron chi connectivity index (χ3n) is 9.10. The number of nitro groups is 1. The van der Waals surface area contributed by atoms with Gasteiger partial charge in [0, 0.05) is 43.5 Å². The van der Waals surface area contributed by atoms with Gasteiger partial charge in [-0.05, 0) is 56.6 Å². The molecule has 0 spiro atoms. The zero-order valence-corrected chi connectivity index (χ0v) is 25.3. The van der Waals surface area contributed by atoms with Gasteiger partial charge in [-0.15, -0.1) is 0 Å². The Morgan fingerprint density at radius 3 is 2.22 bits per heavy atom. The van der Waals surface area contributed by atoms with Gasteiger partial charge in [-0.3, -0.25) is 39.0 Å². The Morgan fingerprint density at radius 1 is 1.04 bits per heavy atom. The highest BCUT2D eigenvalue weighted by atomic mass is 16.6. The summed E-state index contributed by atoms with van der Waals surface area (Å²) in [4.78, 5) is 93.3. The quantitative estimate of drug-likeness (QED) is 0.126. The van der Waals surface area contributed by atoms with Crippen LogP contribution in [-0.2, 0) is 25.6 Å². The number of aromatic hydroxyl groups is 1. The second-order valence-electron chi connectivity index (χ2n) is 12.2. The monoisotopic (exact) mass is 636 g/mol. The number of phenolic OH excluding ortho intramolecular Hbond substituents is 1. The topological polar surface area (TPSA) is 243 Å². The number of fused-ring (bicyclic) bond motifs is 3. The minimum atomic E-state index is -2.86. The number of urea groups is 1. The summed E-state index contributed by atoms with van der Waals surface area (Å²) in [5.41, 5.74) is 2.79. The maximum Gasteiger partial charge on any atom is 0.323 e. The minimum absolute atomic E-state index is 0.0438. The fourth-order valence-electron chi connectivity index (χ4n) is 7.10. The lowest BCUT2D eigenvalue weighted by atomic mass is 9.52. The van der Waals surface area contributed by atoms with Gasteiger partial charge < -0.3 is 31.5 Å². The van der Waals surface area contributed by atoms with Crippen LogP contribution in [0, 0.1) is 33.8 Å². The molecule has 3 amide bonds. The highest BCUT2D eigenvalue weighted by molar-refractivity contribution is 6.32. The molecule has 46 heavy (non-hydrogen) atoms. The number of nitrogens with one attached hydrogen (secondary N) is 2. The molecule has 0 bridgehead atoms. The number of anilines is 3. The molecule has 16 heteroatoms. The second-order valence-corrected chi connectivity index (χ2v) is 12.2. The van der Waals surface area contributed by atoms with E-state index in [1.165, 1.54) is 49.3 Å². The van der Waals surface area contributed by atoms with Crippen LogP contribution in [0.25, 0.3) is 0 Å². The van der Waals surface area contributed by atoms with Crippen molar-refractivity contribution in [3.8, 4) is 5.75 Å². The number of hydrogen-bond acceptors (Lipinski definition) is 12. The van der Waals surface area contributed by atoms with Crippen LogP contribution in [0.3, 0.4) is 0 Å². The number of aliphatic hydroxyl groups is 1. The van der Waals surface area contributed by atoms with Crippen molar-refractivity contribution in [3.63, 3.8) is 0 Å². The van der Waals surface area contributed by atoms with E-state index in [-0.39, 0.29) is 35.5 Å². The van der Waals surface area contributed by atoms with Crippen LogP contribution in [0.15, 0.2) is 30.3 Å². The minimum Gasteiger partial charge on any atom is -0.505 e. The van der Waals surface area contributed by atoms with Crippen molar-refractivity contribution < 1.29 is 43.9 Å². The Hall–Kier alpha value is -5.22. The number of carbonyl (C=O) groups excluding carboxylic acids is 6. The van der Waals surface area contributed by atoms with E-state index in [0.29, 0.717) is 11.3 Å². The average Bonchev–Trinajstić information content (AvgIpc) is 2.96. The number of carbonyl (C=O) groups is 6. The largest absolute Gasteiger partial charge is 0.505 e. The summed E-state index contributed by atoms with van der Waals surface area (Å²) in [6, 6.07) is 4.33. The van der Waals surface area contributed by atoms with Gasteiger partial charge in [0.25, 0.3) is 5.69 Å². The summed E-state index contributed by atoms with van der Waals surface area (Å²) in [5, 5.41) is 38.9. The molecular formula is C30H32N6O10. The summed E-state index contributed by atoms with van der Waals surface area (Å²) in [7, 11) is 6.34. The van der Waals surface area contributed by atoms with E-state index in [1.807, 2.05) is 0 Å². The lowest BCUT2D eigenvalue weighted by Crippen LogP contribution is -2.74. The van der Waals surface area contributed by atoms with Gasteiger partial charge in [0.15, 0.2) is 34.7 Å². The van der Waals surface area contributed by atoms with Crippen LogP contribution in [0.5, 0.6) is 5.75 Å². The van der Waals surface area contributed by atoms with Crippen LogP contribution in [0.1, 0.15) is 22.3 Å². The number of primary amides is 1. The SMILES string of the molecule is CN(C)c1cc(NC(=O)Nc2ccc([N+](=O)[O-])cc2)c(O)c2c1CC1CC3C(N(C)C)C(=O)C(C(N)=O)C(=O)C3(O)C(=O)C1C2=O. The predicted octanol–water partition coefficient (Wildman–Crippen LogP) is 0.485. The molecule has 2 saturated carbocycles. The first-order chi connectivity index (χ1) is 21.5. The molecule has 16 nitrogen and oxygen atoms in total. The van der Waals surface area contributed by atoms with Gasteiger partial charge in [0.2, 0.25) is 5.91 Å². The number of Topliss-reactive ketones (excluding diaryl/α,β-unsaturated/α-hetero) is 4. The first-order valence-corrected chi connectivity index (χ1v) is 14.2. The number of ketones is 4. The summed E-state index contributed by atoms with van der Waals surface area (Å²) >= 11 is 0. The van der Waals surface area contributed by atoms with E-state index in [4.69, 9.17) is 5.73 Å². The lowest BCUT2D eigenvalue weighted by Gasteiger charge is -2.52. The van der Waals surface area contributed by atoms with Crippen molar-refractivity contribution in [3.05, 3.63) is 51.6 Å². The number of nitro benzene ring substituents is 1. The zero-order chi connectivity index (χ0) is 34.0. The highest BCUT2D eigenvalue weighted by Crippen LogP contribution is 2.52. The molecule has 0 saturated heterocycles. The van der Waals surface area contributed by atoms with E-state index in [0.717, 1.165) is 0 Å². The molecule has 2 fully saturated rings. The number of amides is 3. The van der Waals surface area contributed by atoms with E-state index >= 15 is 0 Å². The third kappa shape index (κ3) is 4.85. The van der Waals surface area contributed by atoms with E-state index in [1.54, 1.807) is 19.0 Å². The molecule has 2 aromatic carbocycles. The van der Waals surface area contributed by atoms with Crippen molar-refractivity contribution in [1.29, 1.82) is 0 Å². The molecule has 0 aliphatic heterocycles. The third-order valence-corrected chi connectivity index (χ3v) is 9.10. The number of phenols is 1. The Kier molecular flexibility index (Phi) is 7.90. The maximum absolute atomic E-state index is 14.1. The van der Waals surface area contributed by atoms with Crippen LogP contribution in [0.2, 0.25) is 0 Å². The number of benzene rings is 2. The van der Waals surface area contributed by atoms with Gasteiger partial charge >= 0.3 is 6.03 Å². The molecule has 0 aromatic heterocycles. The van der Waals surface area contributed by atoms with Gasteiger partial charge in [0.05, 0.1) is 28.1 Å². The number of nitrogens with zero attached hydrogens (tertiary/aromatic N) is 3. The molecule has 3 aliphatic carbocycles. The van der Waals surface area contributed by atoms with Gasteiger partial charge in [-0.1, -0.05) is 0 Å². The highest BCUT2D eigenvalue weighted by Gasteiger charge is 2.69. The van der Waals surface area contributed by atoms with E-state index in [2.05, 4.69) is 10.6 Å². The molecular weight excluding hydrogens is 604 g/mol. The number of hydrogen-bond donors (Lipinski definition) is 5. The standard InChI is InChI=1S/C30H32N6O10/c1-34(2)18-11-17(33-29(43)32-13-5-7-14(8-6-13)36(45)46)23(37)20-15(18)9-12-10-16-22(35(3)4)25(39)21(28(31)42)27(41)30(16,44)26(40)19(12)24(20)38/h5-8,11-12,16,19,21-22,37,44H,9-10H2,1-4H3,(H2,31,42)(H2,32,33,43). The Morgan fingerprint density at radius 2 is 1.67 bits per heavy atom. The Balaban J connectivity index is 1.54. The smallest absolute Gasteiger partial charge is 0.323 e. The molecule has 6 atom stereocenters. The number of rotatable bonds is 6. The van der Waals surface area contributed by atoms with Crippen LogP contribution < -0.4 is 21.3 Å². The average molecular weight is 637 g/mol. The maximum atomic E-state index is 14.1. The summed E-state index contributed by atoms with van der Waals surface area (Å²) < 4.78 is 0. The Labute approximate surface area is 261 Å². The van der Waals surface area contributed by atoms with Gasteiger partial charge in [0.1, 0.15) is 5.75 Å². The fourth-order valence-corrected chi connectivity index (χ4v) is 7.10. The summed E-state index contributed by atoms with van der Waals surface area (Å²) in [6.45, 7) is 0. The molecule has 0 radical (unpaired) electrons. The molecule has 2 aromatic rings. The van der Waals surface area contributed by atoms with E-state index < -0.39 is 81.1 Å². The van der Waals surface area contributed by atoms with Crippen LogP contribution in [0.4, 0.5) is 27.5 Å². The molecule has 6 N–H and O–H groups in total. The van der Waals surface area contributed by atoms with Crippen molar-refractivity contribution in [2.75, 3.05) is 43.7 Å². The van der Waals surface area contributed by atoms with Crippen molar-refractivity contribution in [2.24, 2.45) is 29.4 Å². The van der Waals surface area contributed by atoms with Crippen LogP contribution in [-0.4, -0.2) is 94.9 Å². The Bertz CT molecular complexity index is 1720. The van der Waals surface area contributed by atoms with Crippen molar-refractivity contribution >= 4 is 57.8 Å². The lowest BCUT2D eigenvalue weighted by molar-refractivity contribution is -0.384. The van der Waals surface area contributed by atoms with Crippen LogP contribution >= 0.6 is 0 Å². The van der Waals surface area contributed by atoms with Gasteiger partial charge in [-0.25, -0.2) is 4.79 Å². The summed E-state index contributed by atoms with van der Waals surface area (Å²) in [5.74, 6) is -12.0. The second kappa shape index (κ2) is 11.3. The molecule has 3 aliphatic rings.